The first-order valence-electron chi connectivity index (χ1n) is 8.50. The second-order valence-corrected chi connectivity index (χ2v) is 6.36. The SMILES string of the molecule is Cc1ccc(-c2cn3cccnc3n2)cc1NC(=O)C1CCOCC1. The van der Waals surface area contributed by atoms with Crippen molar-refractivity contribution in [3.8, 4) is 11.3 Å². The van der Waals surface area contributed by atoms with E-state index in [0.29, 0.717) is 19.0 Å². The van der Waals surface area contributed by atoms with Gasteiger partial charge in [-0.05, 0) is 37.5 Å². The predicted molar refractivity (Wildman–Crippen MR) is 95.3 cm³/mol. The smallest absolute Gasteiger partial charge is 0.234 e. The van der Waals surface area contributed by atoms with Crippen molar-refractivity contribution in [2.24, 2.45) is 5.92 Å². The number of benzene rings is 1. The summed E-state index contributed by atoms with van der Waals surface area (Å²) in [7, 11) is 0. The number of aryl methyl sites for hydroxylation is 1. The van der Waals surface area contributed by atoms with Crippen LogP contribution < -0.4 is 5.32 Å². The molecule has 1 fully saturated rings. The van der Waals surface area contributed by atoms with Gasteiger partial charge in [0.15, 0.2) is 0 Å². The van der Waals surface area contributed by atoms with Crippen LogP contribution in [0.3, 0.4) is 0 Å². The highest BCUT2D eigenvalue weighted by Gasteiger charge is 2.22. The Morgan fingerprint density at radius 3 is 2.96 bits per heavy atom. The van der Waals surface area contributed by atoms with E-state index in [9.17, 15) is 4.79 Å². The van der Waals surface area contributed by atoms with Gasteiger partial charge in [0.1, 0.15) is 0 Å². The van der Waals surface area contributed by atoms with Crippen LogP contribution >= 0.6 is 0 Å². The Bertz CT molecular complexity index is 880. The molecule has 25 heavy (non-hydrogen) atoms. The fourth-order valence-corrected chi connectivity index (χ4v) is 3.08. The lowest BCUT2D eigenvalue weighted by molar-refractivity contribution is -0.122. The van der Waals surface area contributed by atoms with Crippen LogP contribution in [-0.4, -0.2) is 33.5 Å². The first-order chi connectivity index (χ1) is 12.2. The van der Waals surface area contributed by atoms with Gasteiger partial charge in [-0.3, -0.25) is 9.20 Å². The minimum absolute atomic E-state index is 0.0243. The van der Waals surface area contributed by atoms with E-state index >= 15 is 0 Å². The Labute approximate surface area is 145 Å². The van der Waals surface area contributed by atoms with Crippen molar-refractivity contribution >= 4 is 17.4 Å². The molecule has 3 heterocycles. The minimum atomic E-state index is 0.0243. The third kappa shape index (κ3) is 3.25. The highest BCUT2D eigenvalue weighted by molar-refractivity contribution is 5.94. The third-order valence-electron chi connectivity index (χ3n) is 4.62. The molecule has 1 N–H and O–H groups in total. The molecule has 4 rings (SSSR count). The van der Waals surface area contributed by atoms with E-state index in [2.05, 4.69) is 15.3 Å². The van der Waals surface area contributed by atoms with Crippen LogP contribution in [0.2, 0.25) is 0 Å². The Morgan fingerprint density at radius 1 is 1.32 bits per heavy atom. The van der Waals surface area contributed by atoms with Crippen molar-refractivity contribution in [1.29, 1.82) is 0 Å². The Morgan fingerprint density at radius 2 is 2.16 bits per heavy atom. The fraction of sp³-hybridized carbons (Fsp3) is 0.316. The van der Waals surface area contributed by atoms with E-state index in [4.69, 9.17) is 4.74 Å². The molecule has 2 aromatic heterocycles. The quantitative estimate of drug-likeness (QED) is 0.798. The van der Waals surface area contributed by atoms with Gasteiger partial charge >= 0.3 is 0 Å². The molecule has 0 atom stereocenters. The highest BCUT2D eigenvalue weighted by Crippen LogP contribution is 2.26. The molecule has 0 unspecified atom stereocenters. The number of hydrogen-bond acceptors (Lipinski definition) is 4. The largest absolute Gasteiger partial charge is 0.381 e. The van der Waals surface area contributed by atoms with Crippen molar-refractivity contribution in [3.05, 3.63) is 48.4 Å². The maximum atomic E-state index is 12.5. The summed E-state index contributed by atoms with van der Waals surface area (Å²) in [4.78, 5) is 21.3. The van der Waals surface area contributed by atoms with Gasteiger partial charge in [-0.25, -0.2) is 9.97 Å². The van der Waals surface area contributed by atoms with Crippen LogP contribution in [0.25, 0.3) is 17.0 Å². The van der Waals surface area contributed by atoms with Crippen molar-refractivity contribution in [2.75, 3.05) is 18.5 Å². The summed E-state index contributed by atoms with van der Waals surface area (Å²) in [5.41, 5.74) is 3.66. The number of aromatic nitrogens is 3. The van der Waals surface area contributed by atoms with E-state index < -0.39 is 0 Å². The topological polar surface area (TPSA) is 68.5 Å². The van der Waals surface area contributed by atoms with Crippen molar-refractivity contribution < 1.29 is 9.53 Å². The van der Waals surface area contributed by atoms with Crippen molar-refractivity contribution in [1.82, 2.24) is 14.4 Å². The van der Waals surface area contributed by atoms with E-state index in [1.807, 2.05) is 48.0 Å². The lowest BCUT2D eigenvalue weighted by atomic mass is 9.99. The standard InChI is InChI=1S/C19H20N4O2/c1-13-3-4-15(17-12-23-8-2-7-20-19(23)22-17)11-16(13)21-18(24)14-5-9-25-10-6-14/h2-4,7-8,11-12,14H,5-6,9-10H2,1H3,(H,21,24). The first-order valence-corrected chi connectivity index (χ1v) is 8.50. The van der Waals surface area contributed by atoms with Crippen LogP contribution in [0, 0.1) is 12.8 Å². The summed E-state index contributed by atoms with van der Waals surface area (Å²) in [5, 5.41) is 3.08. The number of nitrogens with one attached hydrogen (secondary N) is 1. The average Bonchev–Trinajstić information content (AvgIpc) is 3.08. The lowest BCUT2D eigenvalue weighted by Crippen LogP contribution is -2.28. The number of hydrogen-bond donors (Lipinski definition) is 1. The number of fused-ring (bicyclic) bond motifs is 1. The molecule has 1 aromatic carbocycles. The summed E-state index contributed by atoms with van der Waals surface area (Å²) in [6, 6.07) is 7.87. The molecule has 128 valence electrons. The van der Waals surface area contributed by atoms with E-state index in [-0.39, 0.29) is 11.8 Å². The third-order valence-corrected chi connectivity index (χ3v) is 4.62. The predicted octanol–water partition coefficient (Wildman–Crippen LogP) is 3.07. The van der Waals surface area contributed by atoms with Gasteiger partial charge in [-0.15, -0.1) is 0 Å². The Hall–Kier alpha value is -2.73. The molecule has 1 aliphatic rings. The maximum absolute atomic E-state index is 12.5. The monoisotopic (exact) mass is 336 g/mol. The van der Waals surface area contributed by atoms with Gasteiger partial charge < -0.3 is 10.1 Å². The number of anilines is 1. The number of rotatable bonds is 3. The number of amides is 1. The van der Waals surface area contributed by atoms with Crippen molar-refractivity contribution in [2.45, 2.75) is 19.8 Å². The highest BCUT2D eigenvalue weighted by atomic mass is 16.5. The van der Waals surface area contributed by atoms with Gasteiger partial charge in [0, 0.05) is 49.0 Å². The van der Waals surface area contributed by atoms with E-state index in [1.54, 1.807) is 6.20 Å². The molecule has 0 aliphatic carbocycles. The van der Waals surface area contributed by atoms with Crippen LogP contribution in [0.5, 0.6) is 0 Å². The molecule has 6 nitrogen and oxygen atoms in total. The van der Waals surface area contributed by atoms with Crippen molar-refractivity contribution in [3.63, 3.8) is 0 Å². The molecular weight excluding hydrogens is 316 g/mol. The summed E-state index contributed by atoms with van der Waals surface area (Å²) in [6.45, 7) is 3.31. The van der Waals surface area contributed by atoms with Crippen LogP contribution in [-0.2, 0) is 9.53 Å². The van der Waals surface area contributed by atoms with Crippen LogP contribution in [0.4, 0.5) is 5.69 Å². The molecule has 0 radical (unpaired) electrons. The van der Waals surface area contributed by atoms with E-state index in [0.717, 1.165) is 35.3 Å². The van der Waals surface area contributed by atoms with Crippen LogP contribution in [0.1, 0.15) is 18.4 Å². The van der Waals surface area contributed by atoms with Gasteiger partial charge in [-0.2, -0.15) is 0 Å². The van der Waals surface area contributed by atoms with E-state index in [1.165, 1.54) is 0 Å². The number of ether oxygens (including phenoxy) is 1. The summed E-state index contributed by atoms with van der Waals surface area (Å²) in [5.74, 6) is 0.752. The van der Waals surface area contributed by atoms with Gasteiger partial charge in [-0.1, -0.05) is 12.1 Å². The maximum Gasteiger partial charge on any atom is 0.234 e. The zero-order chi connectivity index (χ0) is 17.2. The number of nitrogens with zero attached hydrogens (tertiary/aromatic N) is 3. The summed E-state index contributed by atoms with van der Waals surface area (Å²) in [6.07, 6.45) is 7.14. The second kappa shape index (κ2) is 6.64. The fourth-order valence-electron chi connectivity index (χ4n) is 3.08. The molecule has 1 saturated heterocycles. The summed E-state index contributed by atoms with van der Waals surface area (Å²) >= 11 is 0. The lowest BCUT2D eigenvalue weighted by Gasteiger charge is -2.21. The summed E-state index contributed by atoms with van der Waals surface area (Å²) < 4.78 is 7.22. The molecule has 1 amide bonds. The molecule has 1 aliphatic heterocycles. The molecular formula is C19H20N4O2. The molecule has 0 saturated carbocycles. The second-order valence-electron chi connectivity index (χ2n) is 6.36. The Kier molecular flexibility index (Phi) is 4.19. The van der Waals surface area contributed by atoms with Gasteiger partial charge in [0.2, 0.25) is 11.7 Å². The number of carbonyl (C=O) groups excluding carboxylic acids is 1. The number of imidazole rings is 1. The molecule has 6 heteroatoms. The number of carbonyl (C=O) groups is 1. The zero-order valence-corrected chi connectivity index (χ0v) is 14.1. The molecule has 0 spiro atoms. The Balaban J connectivity index is 1.60. The first kappa shape index (κ1) is 15.8. The molecule has 3 aromatic rings. The van der Waals surface area contributed by atoms with Crippen LogP contribution in [0.15, 0.2) is 42.9 Å². The van der Waals surface area contributed by atoms with Gasteiger partial charge in [0.25, 0.3) is 0 Å². The molecule has 0 bridgehead atoms. The minimum Gasteiger partial charge on any atom is -0.381 e. The van der Waals surface area contributed by atoms with Gasteiger partial charge in [0.05, 0.1) is 5.69 Å². The zero-order valence-electron chi connectivity index (χ0n) is 14.1. The average molecular weight is 336 g/mol. The normalized spacial score (nSPS) is 15.4.